The van der Waals surface area contributed by atoms with Gasteiger partial charge in [0.15, 0.2) is 11.9 Å². The van der Waals surface area contributed by atoms with Crippen LogP contribution in [0.25, 0.3) is 0 Å². The Labute approximate surface area is 300 Å². The highest BCUT2D eigenvalue weighted by Gasteiger charge is 2.54. The van der Waals surface area contributed by atoms with Gasteiger partial charge in [-0.1, -0.05) is 57.5 Å². The lowest BCUT2D eigenvalue weighted by molar-refractivity contribution is -0.149. The lowest BCUT2D eigenvalue weighted by atomic mass is 9.88. The van der Waals surface area contributed by atoms with Crippen molar-refractivity contribution >= 4 is 40.9 Å². The van der Waals surface area contributed by atoms with Crippen molar-refractivity contribution in [3.8, 4) is 0 Å². The van der Waals surface area contributed by atoms with E-state index < -0.39 is 29.3 Å². The summed E-state index contributed by atoms with van der Waals surface area (Å²) in [7, 11) is 5.11. The molecule has 50 heavy (non-hydrogen) atoms. The first-order valence-corrected chi connectivity index (χ1v) is 18.7. The Morgan fingerprint density at radius 1 is 1.08 bits per heavy atom. The molecule has 1 aromatic carbocycles. The van der Waals surface area contributed by atoms with Gasteiger partial charge in [-0.25, -0.2) is 4.98 Å². The molecule has 1 saturated heterocycles. The van der Waals surface area contributed by atoms with Crippen molar-refractivity contribution in [1.82, 2.24) is 20.1 Å². The van der Waals surface area contributed by atoms with Gasteiger partial charge in [0.2, 0.25) is 5.91 Å². The number of ketones is 1. The third-order valence-electron chi connectivity index (χ3n) is 10.2. The molecule has 1 saturated carbocycles. The minimum atomic E-state index is -0.783. The average Bonchev–Trinajstić information content (AvgIpc) is 3.68. The number of likely N-dealkylation sites (N-methyl/N-ethyl adjacent to an activating group) is 1. The molecule has 5 atom stereocenters. The van der Waals surface area contributed by atoms with E-state index in [1.54, 1.807) is 24.3 Å². The van der Waals surface area contributed by atoms with Crippen molar-refractivity contribution in [3.05, 3.63) is 52.0 Å². The van der Waals surface area contributed by atoms with Gasteiger partial charge in [0.25, 0.3) is 5.91 Å². The predicted octanol–water partition coefficient (Wildman–Crippen LogP) is 5.38. The molecule has 1 aliphatic heterocycles. The summed E-state index contributed by atoms with van der Waals surface area (Å²) in [6, 6.07) is 8.91. The highest BCUT2D eigenvalue weighted by atomic mass is 32.1. The zero-order chi connectivity index (χ0) is 36.6. The molecule has 1 aromatic heterocycles. The zero-order valence-corrected chi connectivity index (χ0v) is 31.4. The highest BCUT2D eigenvalue weighted by molar-refractivity contribution is 7.09. The molecule has 2 aliphatic rings. The summed E-state index contributed by atoms with van der Waals surface area (Å²) in [6.07, 6.45) is 4.96. The average molecular weight is 711 g/mol. The third-order valence-corrected chi connectivity index (χ3v) is 11.2. The van der Waals surface area contributed by atoms with Crippen LogP contribution < -0.4 is 5.32 Å². The van der Waals surface area contributed by atoms with Crippen LogP contribution in [0, 0.1) is 17.3 Å². The molecule has 11 nitrogen and oxygen atoms in total. The number of carbonyl (C=O) groups is 5. The molecule has 2 fully saturated rings. The molecule has 4 rings (SSSR count). The number of likely N-dealkylation sites (tertiary alicyclic amines) is 1. The Morgan fingerprint density at radius 3 is 2.38 bits per heavy atom. The number of nitrogens with one attached hydrogen (secondary N) is 1. The summed E-state index contributed by atoms with van der Waals surface area (Å²) in [5.74, 6) is -1.56. The molecule has 0 radical (unpaired) electrons. The van der Waals surface area contributed by atoms with Crippen molar-refractivity contribution in [2.24, 2.45) is 17.3 Å². The van der Waals surface area contributed by atoms with E-state index in [1.807, 2.05) is 51.2 Å². The van der Waals surface area contributed by atoms with Gasteiger partial charge in [-0.05, 0) is 63.6 Å². The molecule has 2 aromatic rings. The maximum absolute atomic E-state index is 14.0. The Morgan fingerprint density at radius 2 is 1.78 bits per heavy atom. The smallest absolute Gasteiger partial charge is 0.308 e. The third kappa shape index (κ3) is 10.2. The molecule has 1 N–H and O–H groups in total. The summed E-state index contributed by atoms with van der Waals surface area (Å²) in [5.41, 5.74) is 0.517. The number of amides is 2. The summed E-state index contributed by atoms with van der Waals surface area (Å²) in [5, 5.41) is 5.14. The van der Waals surface area contributed by atoms with Gasteiger partial charge >= 0.3 is 11.9 Å². The number of hydrogen-bond donors (Lipinski definition) is 1. The van der Waals surface area contributed by atoms with E-state index in [1.165, 1.54) is 25.4 Å². The maximum Gasteiger partial charge on any atom is 0.308 e. The fourth-order valence-corrected chi connectivity index (χ4v) is 8.03. The predicted molar refractivity (Wildman–Crippen MR) is 191 cm³/mol. The van der Waals surface area contributed by atoms with Crippen molar-refractivity contribution in [2.45, 2.75) is 110 Å². The first-order chi connectivity index (χ1) is 23.7. The van der Waals surface area contributed by atoms with Crippen molar-refractivity contribution in [1.29, 1.82) is 0 Å². The monoisotopic (exact) mass is 710 g/mol. The Hall–Kier alpha value is -3.64. The lowest BCUT2D eigenvalue weighted by Crippen LogP contribution is -2.47. The molecule has 0 bridgehead atoms. The van der Waals surface area contributed by atoms with Gasteiger partial charge in [0.05, 0.1) is 24.5 Å². The fraction of sp³-hybridized carbons (Fsp3) is 0.632. The van der Waals surface area contributed by atoms with Crippen molar-refractivity contribution in [2.75, 3.05) is 27.7 Å². The lowest BCUT2D eigenvalue weighted by Gasteiger charge is -2.36. The largest absolute Gasteiger partial charge is 0.469 e. The molecule has 12 heteroatoms. The second kappa shape index (κ2) is 17.5. The summed E-state index contributed by atoms with van der Waals surface area (Å²) >= 11 is 1.22. The van der Waals surface area contributed by atoms with Gasteiger partial charge in [0, 0.05) is 44.3 Å². The van der Waals surface area contributed by atoms with E-state index >= 15 is 0 Å². The minimum absolute atomic E-state index is 0.0104. The van der Waals surface area contributed by atoms with Crippen LogP contribution in [-0.4, -0.2) is 90.2 Å². The van der Waals surface area contributed by atoms with E-state index in [0.717, 1.165) is 31.4 Å². The van der Waals surface area contributed by atoms with E-state index in [9.17, 15) is 24.0 Å². The molecule has 1 aliphatic carbocycles. The first-order valence-electron chi connectivity index (χ1n) is 17.8. The maximum atomic E-state index is 14.0. The Bertz CT molecular complexity index is 1490. The topological polar surface area (TPSA) is 135 Å². The van der Waals surface area contributed by atoms with Gasteiger partial charge in [-0.3, -0.25) is 28.9 Å². The minimum Gasteiger partial charge on any atom is -0.469 e. The van der Waals surface area contributed by atoms with Crippen LogP contribution in [-0.2, 0) is 35.1 Å². The van der Waals surface area contributed by atoms with Crippen LogP contribution in [0.2, 0.25) is 0 Å². The van der Waals surface area contributed by atoms with Gasteiger partial charge in [-0.2, -0.15) is 0 Å². The number of benzene rings is 1. The Balaban J connectivity index is 1.48. The number of nitrogens with zero attached hydrogens (tertiary/aromatic N) is 3. The van der Waals surface area contributed by atoms with Crippen LogP contribution in [0.5, 0.6) is 0 Å². The number of Topliss-reactive ketones (excluding diaryl/α,β-unsaturated/α-hetero) is 1. The van der Waals surface area contributed by atoms with Crippen LogP contribution >= 0.6 is 11.3 Å². The number of hydrogen-bond acceptors (Lipinski definition) is 10. The molecule has 2 amide bonds. The second-order valence-electron chi connectivity index (χ2n) is 14.6. The van der Waals surface area contributed by atoms with Crippen LogP contribution in [0.4, 0.5) is 0 Å². The van der Waals surface area contributed by atoms with Crippen LogP contribution in [0.1, 0.15) is 106 Å². The summed E-state index contributed by atoms with van der Waals surface area (Å²) < 4.78 is 10.7. The summed E-state index contributed by atoms with van der Waals surface area (Å²) in [4.78, 5) is 73.9. The quantitative estimate of drug-likeness (QED) is 0.215. The van der Waals surface area contributed by atoms with Crippen molar-refractivity contribution < 1.29 is 33.4 Å². The zero-order valence-electron chi connectivity index (χ0n) is 30.6. The number of thiazole rings is 1. The van der Waals surface area contributed by atoms with E-state index in [0.29, 0.717) is 30.7 Å². The first kappa shape index (κ1) is 39.2. The normalized spacial score (nSPS) is 19.5. The Kier molecular flexibility index (Phi) is 13.7. The number of piperidine rings is 1. The standard InChI is InChI=1S/C38H54N4O7S/c1-24(2)31(42(6)37(47)38(16-17-38)22-32(44)30-15-11-12-18-41(30)5)21-33(49-26(4)43)35-40-29(23-50-35)34(45)39-28(19-25(3)36(46)48-7)20-27-13-9-8-10-14-27/h8-10,13-14,23-25,28,30-31,33H,11-12,15-22H2,1-7H3,(H,39,45)/t25-,28+,30+,31+,33+/m0/s1. The molecule has 274 valence electrons. The van der Waals surface area contributed by atoms with Crippen molar-refractivity contribution in [3.63, 3.8) is 0 Å². The van der Waals surface area contributed by atoms with E-state index in [4.69, 9.17) is 9.47 Å². The summed E-state index contributed by atoms with van der Waals surface area (Å²) in [6.45, 7) is 8.03. The second-order valence-corrected chi connectivity index (χ2v) is 15.5. The fourth-order valence-electron chi connectivity index (χ4n) is 7.19. The van der Waals surface area contributed by atoms with E-state index in [2.05, 4.69) is 15.2 Å². The van der Waals surface area contributed by atoms with Gasteiger partial charge in [0.1, 0.15) is 10.7 Å². The number of esters is 2. The number of ether oxygens (including phenoxy) is 2. The van der Waals surface area contributed by atoms with Crippen LogP contribution in [0.3, 0.4) is 0 Å². The molecular weight excluding hydrogens is 657 g/mol. The SMILES string of the molecule is COC(=O)[C@@H](C)C[C@H](Cc1ccccc1)NC(=O)c1csc([C@@H](C[C@H](C(C)C)N(C)C(=O)C2(CC(=O)[C@H]3CCCCN3C)CC2)OC(C)=O)n1. The number of methoxy groups -OCH3 is 1. The van der Waals surface area contributed by atoms with Crippen LogP contribution in [0.15, 0.2) is 35.7 Å². The molecular formula is C38H54N4O7S. The molecule has 0 unspecified atom stereocenters. The number of aromatic nitrogens is 1. The number of carbonyl (C=O) groups excluding carboxylic acids is 5. The number of rotatable bonds is 17. The van der Waals surface area contributed by atoms with Gasteiger partial charge < -0.3 is 19.7 Å². The molecule has 2 heterocycles. The van der Waals surface area contributed by atoms with Gasteiger partial charge in [-0.15, -0.1) is 11.3 Å². The highest BCUT2D eigenvalue weighted by Crippen LogP contribution is 2.51. The molecule has 0 spiro atoms. The van der Waals surface area contributed by atoms with E-state index in [-0.39, 0.29) is 60.2 Å².